The van der Waals surface area contributed by atoms with Crippen LogP contribution in [-0.4, -0.2) is 26.4 Å². The highest BCUT2D eigenvalue weighted by Gasteiger charge is 2.18. The molecule has 1 amide bonds. The maximum Gasteiger partial charge on any atom is 0.234 e. The minimum Gasteiger partial charge on any atom is -0.446 e. The average molecular weight is 494 g/mol. The molecule has 2 heterocycles. The smallest absolute Gasteiger partial charge is 0.234 e. The van der Waals surface area contributed by atoms with E-state index in [2.05, 4.69) is 37.5 Å². The van der Waals surface area contributed by atoms with Crippen molar-refractivity contribution in [2.24, 2.45) is 0 Å². The van der Waals surface area contributed by atoms with Crippen LogP contribution < -0.4 is 5.32 Å². The minimum atomic E-state index is -0.175. The number of furan rings is 1. The number of anilines is 1. The molecule has 2 aromatic carbocycles. The standard InChI is InChI=1S/C22H16BrN5O2S/c23-19-11-10-18(30-19)21-26-27-22(28(21)13-16-4-2-1-3-5-16)31-14-20(29)25-17-8-6-15(12-24)7-9-17/h1-11H,13-14H2,(H,25,29). The van der Waals surface area contributed by atoms with Crippen molar-refractivity contribution in [2.45, 2.75) is 11.7 Å². The molecule has 7 nitrogen and oxygen atoms in total. The molecule has 0 radical (unpaired) electrons. The van der Waals surface area contributed by atoms with Crippen LogP contribution in [0.2, 0.25) is 0 Å². The van der Waals surface area contributed by atoms with Crippen molar-refractivity contribution in [3.63, 3.8) is 0 Å². The summed E-state index contributed by atoms with van der Waals surface area (Å²) in [6.07, 6.45) is 0. The lowest BCUT2D eigenvalue weighted by molar-refractivity contribution is -0.113. The van der Waals surface area contributed by atoms with Crippen molar-refractivity contribution < 1.29 is 9.21 Å². The van der Waals surface area contributed by atoms with Gasteiger partial charge in [-0.15, -0.1) is 10.2 Å². The third kappa shape index (κ3) is 5.23. The Morgan fingerprint density at radius 1 is 1.10 bits per heavy atom. The lowest BCUT2D eigenvalue weighted by Crippen LogP contribution is -2.14. The molecule has 0 aliphatic rings. The fourth-order valence-electron chi connectivity index (χ4n) is 2.88. The number of aromatic nitrogens is 3. The van der Waals surface area contributed by atoms with Crippen LogP contribution in [0.4, 0.5) is 5.69 Å². The molecule has 1 N–H and O–H groups in total. The molecule has 9 heteroatoms. The quantitative estimate of drug-likeness (QED) is 0.365. The van der Waals surface area contributed by atoms with Gasteiger partial charge in [0.05, 0.1) is 23.9 Å². The number of carbonyl (C=O) groups is 1. The van der Waals surface area contributed by atoms with E-state index < -0.39 is 0 Å². The maximum atomic E-state index is 12.4. The van der Waals surface area contributed by atoms with E-state index in [0.29, 0.717) is 39.2 Å². The van der Waals surface area contributed by atoms with Crippen LogP contribution in [0.25, 0.3) is 11.6 Å². The van der Waals surface area contributed by atoms with E-state index in [9.17, 15) is 4.79 Å². The molecule has 154 valence electrons. The number of nitrogens with one attached hydrogen (secondary N) is 1. The first-order chi connectivity index (χ1) is 15.1. The molecule has 4 aromatic rings. The summed E-state index contributed by atoms with van der Waals surface area (Å²) in [5.41, 5.74) is 2.26. The van der Waals surface area contributed by atoms with Crippen molar-refractivity contribution in [1.82, 2.24) is 14.8 Å². The molecule has 0 aliphatic carbocycles. The van der Waals surface area contributed by atoms with Gasteiger partial charge in [0.2, 0.25) is 11.7 Å². The number of nitrogens with zero attached hydrogens (tertiary/aromatic N) is 4. The highest BCUT2D eigenvalue weighted by Crippen LogP contribution is 2.28. The van der Waals surface area contributed by atoms with Gasteiger partial charge in [-0.3, -0.25) is 9.36 Å². The molecule has 0 bridgehead atoms. The van der Waals surface area contributed by atoms with Gasteiger partial charge >= 0.3 is 0 Å². The SMILES string of the molecule is N#Cc1ccc(NC(=O)CSc2nnc(-c3ccc(Br)o3)n2Cc2ccccc2)cc1. The molecule has 2 aromatic heterocycles. The molecule has 0 spiro atoms. The summed E-state index contributed by atoms with van der Waals surface area (Å²) in [5, 5.41) is 20.9. The predicted octanol–water partition coefficient (Wildman–Crippen LogP) is 4.95. The van der Waals surface area contributed by atoms with Crippen LogP contribution in [0, 0.1) is 11.3 Å². The van der Waals surface area contributed by atoms with E-state index in [1.54, 1.807) is 30.3 Å². The van der Waals surface area contributed by atoms with E-state index in [1.165, 1.54) is 11.8 Å². The highest BCUT2D eigenvalue weighted by atomic mass is 79.9. The Morgan fingerprint density at radius 3 is 2.55 bits per heavy atom. The second-order valence-electron chi connectivity index (χ2n) is 6.51. The van der Waals surface area contributed by atoms with Gasteiger partial charge in [0.25, 0.3) is 0 Å². The molecule has 0 atom stereocenters. The Hall–Kier alpha value is -3.35. The number of carbonyl (C=O) groups excluding carboxylic acids is 1. The average Bonchev–Trinajstić information content (AvgIpc) is 3.39. The Kier molecular flexibility index (Phi) is 6.50. The topological polar surface area (TPSA) is 96.7 Å². The zero-order valence-corrected chi connectivity index (χ0v) is 18.6. The summed E-state index contributed by atoms with van der Waals surface area (Å²) >= 11 is 4.61. The second kappa shape index (κ2) is 9.64. The first-order valence-electron chi connectivity index (χ1n) is 9.28. The summed E-state index contributed by atoms with van der Waals surface area (Å²) in [7, 11) is 0. The van der Waals surface area contributed by atoms with Crippen molar-refractivity contribution in [1.29, 1.82) is 5.26 Å². The second-order valence-corrected chi connectivity index (χ2v) is 8.23. The summed E-state index contributed by atoms with van der Waals surface area (Å²) in [5.74, 6) is 1.16. The van der Waals surface area contributed by atoms with E-state index >= 15 is 0 Å². The molecule has 0 saturated heterocycles. The van der Waals surface area contributed by atoms with Gasteiger partial charge in [0, 0.05) is 5.69 Å². The zero-order valence-electron chi connectivity index (χ0n) is 16.2. The monoisotopic (exact) mass is 493 g/mol. The molecule has 31 heavy (non-hydrogen) atoms. The van der Waals surface area contributed by atoms with Gasteiger partial charge in [-0.05, 0) is 57.9 Å². The number of benzene rings is 2. The molecular formula is C22H16BrN5O2S. The van der Waals surface area contributed by atoms with Gasteiger partial charge in [-0.2, -0.15) is 5.26 Å². The van der Waals surface area contributed by atoms with Crippen molar-refractivity contribution >= 4 is 39.3 Å². The highest BCUT2D eigenvalue weighted by molar-refractivity contribution is 9.10. The van der Waals surface area contributed by atoms with Crippen molar-refractivity contribution in [3.05, 3.63) is 82.5 Å². The number of thioether (sulfide) groups is 1. The van der Waals surface area contributed by atoms with Gasteiger partial charge < -0.3 is 9.73 Å². The Bertz CT molecular complexity index is 1230. The Balaban J connectivity index is 1.51. The van der Waals surface area contributed by atoms with E-state index in [0.717, 1.165) is 5.56 Å². The van der Waals surface area contributed by atoms with E-state index in [-0.39, 0.29) is 11.7 Å². The third-order valence-corrected chi connectivity index (χ3v) is 5.72. The van der Waals surface area contributed by atoms with Crippen LogP contribution in [-0.2, 0) is 11.3 Å². The molecule has 4 rings (SSSR count). The van der Waals surface area contributed by atoms with Gasteiger partial charge in [0.15, 0.2) is 15.6 Å². The van der Waals surface area contributed by atoms with Gasteiger partial charge in [0.1, 0.15) is 0 Å². The summed E-state index contributed by atoms with van der Waals surface area (Å²) < 4.78 is 8.20. The number of nitriles is 1. The number of hydrogen-bond acceptors (Lipinski definition) is 6. The summed E-state index contributed by atoms with van der Waals surface area (Å²) in [4.78, 5) is 12.4. The van der Waals surface area contributed by atoms with Crippen LogP contribution in [0.15, 0.2) is 81.0 Å². The minimum absolute atomic E-state index is 0.161. The van der Waals surface area contributed by atoms with Gasteiger partial charge in [-0.1, -0.05) is 42.1 Å². The summed E-state index contributed by atoms with van der Waals surface area (Å²) in [6.45, 7) is 0.543. The molecule has 0 saturated carbocycles. The molecule has 0 aliphatic heterocycles. The zero-order chi connectivity index (χ0) is 21.6. The lowest BCUT2D eigenvalue weighted by atomic mass is 10.2. The number of hydrogen-bond donors (Lipinski definition) is 1. The van der Waals surface area contributed by atoms with Crippen LogP contribution in [0.1, 0.15) is 11.1 Å². The Labute approximate surface area is 191 Å². The normalized spacial score (nSPS) is 10.6. The van der Waals surface area contributed by atoms with Crippen LogP contribution in [0.3, 0.4) is 0 Å². The van der Waals surface area contributed by atoms with E-state index in [4.69, 9.17) is 9.68 Å². The molecular weight excluding hydrogens is 478 g/mol. The van der Waals surface area contributed by atoms with Crippen LogP contribution in [0.5, 0.6) is 0 Å². The van der Waals surface area contributed by atoms with Gasteiger partial charge in [-0.25, -0.2) is 0 Å². The fourth-order valence-corrected chi connectivity index (χ4v) is 3.92. The maximum absolute atomic E-state index is 12.4. The number of halogens is 1. The first-order valence-corrected chi connectivity index (χ1v) is 11.1. The largest absolute Gasteiger partial charge is 0.446 e. The van der Waals surface area contributed by atoms with E-state index in [1.807, 2.05) is 41.0 Å². The first kappa shape index (κ1) is 20.9. The third-order valence-electron chi connectivity index (χ3n) is 4.32. The number of rotatable bonds is 7. The molecule has 0 unspecified atom stereocenters. The van der Waals surface area contributed by atoms with Crippen LogP contribution >= 0.6 is 27.7 Å². The van der Waals surface area contributed by atoms with Crippen molar-refractivity contribution in [3.8, 4) is 17.7 Å². The van der Waals surface area contributed by atoms with Crippen molar-refractivity contribution in [2.75, 3.05) is 11.1 Å². The number of amides is 1. The Morgan fingerprint density at radius 2 is 1.87 bits per heavy atom. The summed E-state index contributed by atoms with van der Waals surface area (Å²) in [6, 6.07) is 22.3. The predicted molar refractivity (Wildman–Crippen MR) is 121 cm³/mol. The molecule has 0 fully saturated rings. The fraction of sp³-hybridized carbons (Fsp3) is 0.0909. The lowest BCUT2D eigenvalue weighted by Gasteiger charge is -2.09.